The van der Waals surface area contributed by atoms with E-state index in [1.54, 1.807) is 23.0 Å². The van der Waals surface area contributed by atoms with E-state index in [-0.39, 0.29) is 24.2 Å². The van der Waals surface area contributed by atoms with Gasteiger partial charge in [0.05, 0.1) is 29.3 Å². The molecular weight excluding hydrogens is 385 g/mol. The summed E-state index contributed by atoms with van der Waals surface area (Å²) < 4.78 is 14.9. The lowest BCUT2D eigenvalue weighted by atomic mass is 10.1. The van der Waals surface area contributed by atoms with Crippen LogP contribution in [-0.4, -0.2) is 43.4 Å². The van der Waals surface area contributed by atoms with Gasteiger partial charge in [0.15, 0.2) is 0 Å². The van der Waals surface area contributed by atoms with Crippen LogP contribution in [0.2, 0.25) is 0 Å². The molecule has 0 radical (unpaired) electrons. The number of aliphatic hydroxyl groups is 1. The highest BCUT2D eigenvalue weighted by molar-refractivity contribution is 5.95. The number of carbonyl (C=O) groups excluding carboxylic acids is 1. The molecule has 2 aromatic heterocycles. The lowest BCUT2D eigenvalue weighted by Crippen LogP contribution is -2.32. The number of aliphatic hydroxyl groups excluding tert-OH is 1. The van der Waals surface area contributed by atoms with Crippen LogP contribution in [0.15, 0.2) is 36.7 Å². The van der Waals surface area contributed by atoms with Crippen LogP contribution in [-0.2, 0) is 0 Å². The molecule has 1 amide bonds. The summed E-state index contributed by atoms with van der Waals surface area (Å²) in [5, 5.41) is 16.8. The van der Waals surface area contributed by atoms with E-state index in [0.29, 0.717) is 29.3 Å². The quantitative estimate of drug-likeness (QED) is 0.622. The number of aromatic nitrogens is 4. The Hall–Kier alpha value is -3.13. The number of rotatable bonds is 7. The summed E-state index contributed by atoms with van der Waals surface area (Å²) in [4.78, 5) is 21.7. The van der Waals surface area contributed by atoms with E-state index in [4.69, 9.17) is 0 Å². The fraction of sp³-hybridized carbons (Fsp3) is 0.364. The van der Waals surface area contributed by atoms with E-state index < -0.39 is 6.10 Å². The van der Waals surface area contributed by atoms with E-state index >= 15 is 0 Å². The van der Waals surface area contributed by atoms with E-state index in [2.05, 4.69) is 20.4 Å². The van der Waals surface area contributed by atoms with Gasteiger partial charge in [-0.2, -0.15) is 5.10 Å². The molecule has 2 heterocycles. The van der Waals surface area contributed by atoms with E-state index in [1.807, 2.05) is 27.7 Å². The third kappa shape index (κ3) is 4.54. The molecule has 0 saturated carbocycles. The lowest BCUT2D eigenvalue weighted by Gasteiger charge is -2.14. The maximum absolute atomic E-state index is 13.3. The summed E-state index contributed by atoms with van der Waals surface area (Å²) in [6.45, 7) is 7.82. The average molecular weight is 411 g/mol. The monoisotopic (exact) mass is 411 g/mol. The number of hydrogen-bond acceptors (Lipinski definition) is 5. The van der Waals surface area contributed by atoms with Gasteiger partial charge in [-0.05, 0) is 49.1 Å². The minimum Gasteiger partial charge on any atom is -0.391 e. The summed E-state index contributed by atoms with van der Waals surface area (Å²) in [5.41, 5.74) is 3.37. The zero-order valence-electron chi connectivity index (χ0n) is 17.6. The van der Waals surface area contributed by atoms with Gasteiger partial charge in [-0.15, -0.1) is 0 Å². The second-order valence-electron chi connectivity index (χ2n) is 7.49. The van der Waals surface area contributed by atoms with Gasteiger partial charge in [0.2, 0.25) is 0 Å². The van der Waals surface area contributed by atoms with E-state index in [0.717, 1.165) is 11.1 Å². The highest BCUT2D eigenvalue weighted by Gasteiger charge is 2.23. The van der Waals surface area contributed by atoms with Crippen LogP contribution in [0.3, 0.4) is 0 Å². The number of halogens is 1. The van der Waals surface area contributed by atoms with Crippen LogP contribution in [0.4, 0.5) is 4.39 Å². The van der Waals surface area contributed by atoms with Crippen molar-refractivity contribution in [2.24, 2.45) is 0 Å². The highest BCUT2D eigenvalue weighted by Crippen LogP contribution is 2.25. The van der Waals surface area contributed by atoms with Crippen molar-refractivity contribution in [3.8, 4) is 17.2 Å². The van der Waals surface area contributed by atoms with Gasteiger partial charge >= 0.3 is 0 Å². The molecule has 30 heavy (non-hydrogen) atoms. The fourth-order valence-corrected chi connectivity index (χ4v) is 3.13. The number of hydrogen-bond donors (Lipinski definition) is 2. The molecule has 1 atom stereocenters. The molecule has 3 rings (SSSR count). The van der Waals surface area contributed by atoms with Gasteiger partial charge in [-0.1, -0.05) is 20.8 Å². The average Bonchev–Trinajstić information content (AvgIpc) is 3.18. The minimum atomic E-state index is -0.592. The number of aryl methyl sites for hydroxylation is 1. The third-order valence-electron chi connectivity index (χ3n) is 4.83. The fourth-order valence-electron chi connectivity index (χ4n) is 3.13. The first kappa shape index (κ1) is 21.6. The Morgan fingerprint density at radius 2 is 1.93 bits per heavy atom. The van der Waals surface area contributed by atoms with Crippen LogP contribution in [0.5, 0.6) is 0 Å². The Kier molecular flexibility index (Phi) is 6.56. The molecule has 158 valence electrons. The number of benzene rings is 1. The molecule has 8 heteroatoms. The van der Waals surface area contributed by atoms with Crippen LogP contribution in [0.1, 0.15) is 54.7 Å². The topological polar surface area (TPSA) is 92.9 Å². The maximum Gasteiger partial charge on any atom is 0.254 e. The van der Waals surface area contributed by atoms with Crippen LogP contribution < -0.4 is 5.32 Å². The van der Waals surface area contributed by atoms with Gasteiger partial charge in [0.25, 0.3) is 11.9 Å². The van der Waals surface area contributed by atoms with Crippen LogP contribution in [0.25, 0.3) is 17.2 Å². The molecule has 3 aromatic rings. The van der Waals surface area contributed by atoms with Crippen molar-refractivity contribution in [2.75, 3.05) is 6.54 Å². The van der Waals surface area contributed by atoms with Gasteiger partial charge in [-0.25, -0.2) is 19.0 Å². The van der Waals surface area contributed by atoms with Gasteiger partial charge < -0.3 is 10.4 Å². The summed E-state index contributed by atoms with van der Waals surface area (Å²) in [6, 6.07) is 6.10. The molecule has 0 aliphatic carbocycles. The molecule has 2 N–H and O–H groups in total. The third-order valence-corrected chi connectivity index (χ3v) is 4.83. The van der Waals surface area contributed by atoms with Crippen molar-refractivity contribution in [3.05, 3.63) is 59.3 Å². The first-order chi connectivity index (χ1) is 14.3. The minimum absolute atomic E-state index is 0.0245. The Morgan fingerprint density at radius 1 is 1.23 bits per heavy atom. The maximum atomic E-state index is 13.3. The van der Waals surface area contributed by atoms with Gasteiger partial charge in [-0.3, -0.25) is 4.79 Å². The Bertz CT molecular complexity index is 1030. The van der Waals surface area contributed by atoms with Crippen LogP contribution >= 0.6 is 0 Å². The second kappa shape index (κ2) is 9.13. The molecule has 0 spiro atoms. The molecule has 1 aromatic carbocycles. The first-order valence-corrected chi connectivity index (χ1v) is 9.95. The summed E-state index contributed by atoms with van der Waals surface area (Å²) in [7, 11) is 0. The molecule has 0 fully saturated rings. The molecule has 7 nitrogen and oxygen atoms in total. The van der Waals surface area contributed by atoms with E-state index in [1.165, 1.54) is 18.3 Å². The molecule has 0 saturated heterocycles. The smallest absolute Gasteiger partial charge is 0.254 e. The summed E-state index contributed by atoms with van der Waals surface area (Å²) >= 11 is 0. The number of carbonyl (C=O) groups is 1. The number of nitrogens with zero attached hydrogens (tertiary/aromatic N) is 4. The van der Waals surface area contributed by atoms with Crippen molar-refractivity contribution in [3.63, 3.8) is 0 Å². The number of amides is 1. The van der Waals surface area contributed by atoms with Crippen LogP contribution in [0, 0.1) is 12.7 Å². The highest BCUT2D eigenvalue weighted by atomic mass is 19.1. The van der Waals surface area contributed by atoms with Gasteiger partial charge in [0.1, 0.15) is 5.82 Å². The van der Waals surface area contributed by atoms with E-state index in [9.17, 15) is 14.3 Å². The van der Waals surface area contributed by atoms with Crippen molar-refractivity contribution < 1.29 is 14.3 Å². The molecule has 0 aliphatic rings. The molecule has 0 unspecified atom stereocenters. The summed E-state index contributed by atoms with van der Waals surface area (Å²) in [5.74, 6) is -0.313. The first-order valence-electron chi connectivity index (χ1n) is 9.95. The van der Waals surface area contributed by atoms with Gasteiger partial charge in [0, 0.05) is 18.3 Å². The van der Waals surface area contributed by atoms with Crippen molar-refractivity contribution in [1.29, 1.82) is 0 Å². The lowest BCUT2D eigenvalue weighted by molar-refractivity contribution is 0.0912. The van der Waals surface area contributed by atoms with Crippen molar-refractivity contribution in [2.45, 2.75) is 46.1 Å². The molecule has 0 aliphatic heterocycles. The Balaban J connectivity index is 2.00. The second-order valence-corrected chi connectivity index (χ2v) is 7.49. The van der Waals surface area contributed by atoms with Crippen molar-refractivity contribution in [1.82, 2.24) is 25.1 Å². The zero-order chi connectivity index (χ0) is 21.8. The predicted molar refractivity (Wildman–Crippen MR) is 112 cm³/mol. The predicted octanol–water partition coefficient (Wildman–Crippen LogP) is 3.40. The standard InChI is InChI=1S/C22H26FN5O2/c1-5-17(29)11-24-21(30)18-12-26-28(20(18)13(2)3)22-25-10-14(4)19(27-22)15-6-8-16(23)9-7-15/h6-10,12-13,17,29H,5,11H2,1-4H3,(H,24,30)/t17-/m1/s1. The normalized spacial score (nSPS) is 12.2. The Morgan fingerprint density at radius 3 is 2.57 bits per heavy atom. The number of nitrogens with one attached hydrogen (secondary N) is 1. The SMILES string of the molecule is CC[C@@H](O)CNC(=O)c1cnn(-c2ncc(C)c(-c3ccc(F)cc3)n2)c1C(C)C. The Labute approximate surface area is 175 Å². The molecular formula is C22H26FN5O2. The largest absolute Gasteiger partial charge is 0.391 e. The molecule has 0 bridgehead atoms. The van der Waals surface area contributed by atoms with Crippen molar-refractivity contribution >= 4 is 5.91 Å². The summed E-state index contributed by atoms with van der Waals surface area (Å²) in [6.07, 6.45) is 3.14. The zero-order valence-corrected chi connectivity index (χ0v) is 17.6.